The minimum absolute atomic E-state index is 0.228. The quantitative estimate of drug-likeness (QED) is 0.889. The van der Waals surface area contributed by atoms with Crippen LogP contribution in [0, 0.1) is 5.41 Å². The van der Waals surface area contributed by atoms with Gasteiger partial charge in [-0.2, -0.15) is 0 Å². The van der Waals surface area contributed by atoms with Crippen LogP contribution in [0.1, 0.15) is 26.3 Å². The zero-order valence-electron chi connectivity index (χ0n) is 10.8. The molecule has 0 aliphatic carbocycles. The Morgan fingerprint density at radius 2 is 2.11 bits per heavy atom. The summed E-state index contributed by atoms with van der Waals surface area (Å²) in [5, 5.41) is 3.82. The van der Waals surface area contributed by atoms with E-state index in [1.807, 2.05) is 39.0 Å². The predicted molar refractivity (Wildman–Crippen MR) is 78.4 cm³/mol. The first kappa shape index (κ1) is 15.5. The van der Waals surface area contributed by atoms with Gasteiger partial charge in [-0.15, -0.1) is 0 Å². The first-order chi connectivity index (χ1) is 8.21. The molecule has 1 unspecified atom stereocenters. The normalized spacial score (nSPS) is 13.4. The molecule has 0 fully saturated rings. The molecule has 0 aliphatic heterocycles. The largest absolute Gasteiger partial charge is 0.368 e. The summed E-state index contributed by atoms with van der Waals surface area (Å²) in [6.45, 7) is 6.42. The van der Waals surface area contributed by atoms with Crippen molar-refractivity contribution in [2.75, 3.05) is 0 Å². The van der Waals surface area contributed by atoms with Gasteiger partial charge in [0.25, 0.3) is 0 Å². The van der Waals surface area contributed by atoms with E-state index in [1.54, 1.807) is 0 Å². The summed E-state index contributed by atoms with van der Waals surface area (Å²) in [6.07, 6.45) is 0. The van der Waals surface area contributed by atoms with Crippen LogP contribution in [-0.4, -0.2) is 11.9 Å². The lowest BCUT2D eigenvalue weighted by Crippen LogP contribution is -2.49. The summed E-state index contributed by atoms with van der Waals surface area (Å²) in [6, 6.07) is 5.27. The Morgan fingerprint density at radius 3 is 2.56 bits per heavy atom. The lowest BCUT2D eigenvalue weighted by molar-refractivity contribution is -0.122. The molecular formula is C13H18BrClN2O. The average molecular weight is 334 g/mol. The maximum absolute atomic E-state index is 11.4. The molecule has 0 aromatic heterocycles. The van der Waals surface area contributed by atoms with Crippen molar-refractivity contribution in [3.63, 3.8) is 0 Å². The number of carbonyl (C=O) groups excluding carboxylic acids is 1. The molecule has 100 valence electrons. The molecule has 3 nitrogen and oxygen atoms in total. The van der Waals surface area contributed by atoms with Gasteiger partial charge in [0.05, 0.1) is 6.04 Å². The van der Waals surface area contributed by atoms with E-state index in [2.05, 4.69) is 21.2 Å². The van der Waals surface area contributed by atoms with Crippen molar-refractivity contribution < 1.29 is 4.79 Å². The molecular weight excluding hydrogens is 316 g/mol. The van der Waals surface area contributed by atoms with Crippen molar-refractivity contribution in [2.24, 2.45) is 11.1 Å². The fraction of sp³-hybridized carbons (Fsp3) is 0.462. The fourth-order valence-electron chi connectivity index (χ4n) is 1.71. The summed E-state index contributed by atoms with van der Waals surface area (Å²) >= 11 is 9.47. The van der Waals surface area contributed by atoms with Gasteiger partial charge in [-0.25, -0.2) is 0 Å². The van der Waals surface area contributed by atoms with Crippen LogP contribution in [0.2, 0.25) is 5.02 Å². The molecule has 1 aromatic rings. The molecule has 1 amide bonds. The first-order valence-electron chi connectivity index (χ1n) is 5.68. The number of primary amides is 1. The van der Waals surface area contributed by atoms with Gasteiger partial charge in [0, 0.05) is 16.0 Å². The summed E-state index contributed by atoms with van der Waals surface area (Å²) in [4.78, 5) is 11.4. The van der Waals surface area contributed by atoms with Crippen molar-refractivity contribution in [2.45, 2.75) is 33.4 Å². The lowest BCUT2D eigenvalue weighted by atomic mass is 9.86. The first-order valence-corrected chi connectivity index (χ1v) is 6.85. The Kier molecular flexibility index (Phi) is 5.20. The van der Waals surface area contributed by atoms with Gasteiger partial charge < -0.3 is 11.1 Å². The second kappa shape index (κ2) is 6.04. The second-order valence-electron chi connectivity index (χ2n) is 5.32. The Labute approximate surface area is 121 Å². The van der Waals surface area contributed by atoms with E-state index in [4.69, 9.17) is 17.3 Å². The van der Waals surface area contributed by atoms with E-state index >= 15 is 0 Å². The molecule has 0 aliphatic rings. The van der Waals surface area contributed by atoms with E-state index in [0.717, 1.165) is 10.0 Å². The van der Waals surface area contributed by atoms with E-state index in [0.29, 0.717) is 11.6 Å². The van der Waals surface area contributed by atoms with Crippen LogP contribution in [-0.2, 0) is 11.3 Å². The molecule has 5 heteroatoms. The van der Waals surface area contributed by atoms with Crippen LogP contribution >= 0.6 is 27.5 Å². The number of amides is 1. The molecule has 3 N–H and O–H groups in total. The van der Waals surface area contributed by atoms with E-state index < -0.39 is 6.04 Å². The highest BCUT2D eigenvalue weighted by molar-refractivity contribution is 9.10. The van der Waals surface area contributed by atoms with Gasteiger partial charge in [0.2, 0.25) is 5.91 Å². The van der Waals surface area contributed by atoms with Crippen LogP contribution in [0.25, 0.3) is 0 Å². The Balaban J connectivity index is 2.77. The molecule has 1 aromatic carbocycles. The van der Waals surface area contributed by atoms with Gasteiger partial charge in [-0.05, 0) is 23.1 Å². The van der Waals surface area contributed by atoms with Crippen LogP contribution in [0.5, 0.6) is 0 Å². The lowest BCUT2D eigenvalue weighted by Gasteiger charge is -2.29. The van der Waals surface area contributed by atoms with Crippen molar-refractivity contribution >= 4 is 33.4 Å². The highest BCUT2D eigenvalue weighted by atomic mass is 79.9. The van der Waals surface area contributed by atoms with Crippen molar-refractivity contribution in [3.05, 3.63) is 33.3 Å². The van der Waals surface area contributed by atoms with Crippen LogP contribution < -0.4 is 11.1 Å². The maximum Gasteiger partial charge on any atom is 0.235 e. The number of benzene rings is 1. The molecule has 1 rings (SSSR count). The topological polar surface area (TPSA) is 55.1 Å². The van der Waals surface area contributed by atoms with E-state index in [-0.39, 0.29) is 11.3 Å². The average Bonchev–Trinajstić information content (AvgIpc) is 2.18. The highest BCUT2D eigenvalue weighted by Crippen LogP contribution is 2.23. The van der Waals surface area contributed by atoms with Gasteiger partial charge >= 0.3 is 0 Å². The molecule has 18 heavy (non-hydrogen) atoms. The number of hydrogen-bond acceptors (Lipinski definition) is 2. The van der Waals surface area contributed by atoms with Crippen molar-refractivity contribution in [3.8, 4) is 0 Å². The molecule has 0 saturated heterocycles. The van der Waals surface area contributed by atoms with E-state index in [9.17, 15) is 4.79 Å². The SMILES string of the molecule is CC(C)(C)C(NCc1ccc(Br)cc1Cl)C(N)=O. The summed E-state index contributed by atoms with van der Waals surface area (Å²) in [5.41, 5.74) is 6.12. The third-order valence-corrected chi connectivity index (χ3v) is 3.51. The number of carbonyl (C=O) groups is 1. The van der Waals surface area contributed by atoms with Crippen LogP contribution in [0.4, 0.5) is 0 Å². The fourth-order valence-corrected chi connectivity index (χ4v) is 2.45. The van der Waals surface area contributed by atoms with Crippen molar-refractivity contribution in [1.29, 1.82) is 0 Å². The smallest absolute Gasteiger partial charge is 0.235 e. The molecule has 0 bridgehead atoms. The number of halogens is 2. The number of hydrogen-bond donors (Lipinski definition) is 2. The standard InChI is InChI=1S/C13H18BrClN2O/c1-13(2,3)11(12(16)18)17-7-8-4-5-9(14)6-10(8)15/h4-6,11,17H,7H2,1-3H3,(H2,16,18). The van der Waals surface area contributed by atoms with Gasteiger partial charge in [0.15, 0.2) is 0 Å². The second-order valence-corrected chi connectivity index (χ2v) is 6.64. The van der Waals surface area contributed by atoms with Gasteiger partial charge in [0.1, 0.15) is 0 Å². The number of rotatable bonds is 4. The zero-order chi connectivity index (χ0) is 13.9. The number of nitrogens with one attached hydrogen (secondary N) is 1. The summed E-state index contributed by atoms with van der Waals surface area (Å²) in [5.74, 6) is -0.351. The molecule has 0 radical (unpaired) electrons. The maximum atomic E-state index is 11.4. The minimum atomic E-state index is -0.391. The third-order valence-electron chi connectivity index (χ3n) is 2.66. The highest BCUT2D eigenvalue weighted by Gasteiger charge is 2.29. The molecule has 0 heterocycles. The third kappa shape index (κ3) is 4.26. The van der Waals surface area contributed by atoms with Gasteiger partial charge in [-0.1, -0.05) is 54.4 Å². The molecule has 1 atom stereocenters. The number of nitrogens with two attached hydrogens (primary N) is 1. The monoisotopic (exact) mass is 332 g/mol. The predicted octanol–water partition coefficient (Wildman–Crippen LogP) is 3.09. The summed E-state index contributed by atoms with van der Waals surface area (Å²) < 4.78 is 0.929. The summed E-state index contributed by atoms with van der Waals surface area (Å²) in [7, 11) is 0. The molecule has 0 spiro atoms. The van der Waals surface area contributed by atoms with Crippen LogP contribution in [0.15, 0.2) is 22.7 Å². The van der Waals surface area contributed by atoms with Crippen LogP contribution in [0.3, 0.4) is 0 Å². The Bertz CT molecular complexity index is 443. The van der Waals surface area contributed by atoms with Crippen molar-refractivity contribution in [1.82, 2.24) is 5.32 Å². The van der Waals surface area contributed by atoms with Gasteiger partial charge in [-0.3, -0.25) is 4.79 Å². The zero-order valence-corrected chi connectivity index (χ0v) is 13.1. The minimum Gasteiger partial charge on any atom is -0.368 e. The Morgan fingerprint density at radius 1 is 1.50 bits per heavy atom. The van der Waals surface area contributed by atoms with E-state index in [1.165, 1.54) is 0 Å². The Hall–Kier alpha value is -0.580. The molecule has 0 saturated carbocycles.